The van der Waals surface area contributed by atoms with Gasteiger partial charge in [0.25, 0.3) is 0 Å². The minimum atomic E-state index is -0.753. The van der Waals surface area contributed by atoms with Crippen LogP contribution in [0.1, 0.15) is 31.5 Å². The van der Waals surface area contributed by atoms with Crippen LogP contribution in [0.5, 0.6) is 0 Å². The van der Waals surface area contributed by atoms with E-state index >= 15 is 0 Å². The van der Waals surface area contributed by atoms with Gasteiger partial charge in [-0.25, -0.2) is 14.4 Å². The Morgan fingerprint density at radius 1 is 1.59 bits per heavy atom. The van der Waals surface area contributed by atoms with E-state index in [0.29, 0.717) is 23.0 Å². The summed E-state index contributed by atoms with van der Waals surface area (Å²) in [6.45, 7) is 3.11. The van der Waals surface area contributed by atoms with Gasteiger partial charge in [0.2, 0.25) is 0 Å². The van der Waals surface area contributed by atoms with E-state index in [2.05, 4.69) is 20.2 Å². The van der Waals surface area contributed by atoms with Crippen molar-refractivity contribution in [2.75, 3.05) is 24.7 Å². The number of rotatable bonds is 1. The highest BCUT2D eigenvalue weighted by Crippen LogP contribution is 2.39. The molecule has 0 aromatic carbocycles. The van der Waals surface area contributed by atoms with Crippen molar-refractivity contribution in [3.8, 4) is 0 Å². The Morgan fingerprint density at radius 2 is 2.36 bits per heavy atom. The zero-order chi connectivity index (χ0) is 15.9. The van der Waals surface area contributed by atoms with Crippen LogP contribution in [-0.2, 0) is 0 Å². The van der Waals surface area contributed by atoms with E-state index in [1.165, 1.54) is 11.8 Å². The van der Waals surface area contributed by atoms with Gasteiger partial charge in [-0.2, -0.15) is 0 Å². The zero-order valence-corrected chi connectivity index (χ0v) is 14.0. The number of aliphatic imine (C=N–C) groups is 1. The predicted octanol–water partition coefficient (Wildman–Crippen LogP) is 2.86. The zero-order valence-electron chi connectivity index (χ0n) is 12.4. The molecule has 0 amide bonds. The lowest BCUT2D eigenvalue weighted by Gasteiger charge is -2.41. The maximum absolute atomic E-state index is 14.3. The van der Waals surface area contributed by atoms with Gasteiger partial charge in [-0.3, -0.25) is 4.90 Å². The van der Waals surface area contributed by atoms with Crippen LogP contribution in [-0.4, -0.2) is 45.1 Å². The molecule has 22 heavy (non-hydrogen) atoms. The fourth-order valence-electron chi connectivity index (χ4n) is 2.97. The molecule has 5 nitrogen and oxygen atoms in total. The number of nitrogens with one attached hydrogen (secondary N) is 1. The number of likely N-dealkylation sites (tertiary alicyclic amines) is 1. The molecule has 1 fully saturated rings. The molecule has 0 radical (unpaired) electrons. The number of hydrogen-bond acceptors (Lipinski definition) is 6. The number of halogens is 2. The minimum absolute atomic E-state index is 0.155. The van der Waals surface area contributed by atoms with E-state index < -0.39 is 11.4 Å². The molecule has 2 atom stereocenters. The van der Waals surface area contributed by atoms with Crippen LogP contribution in [0.2, 0.25) is 5.15 Å². The first kappa shape index (κ1) is 16.0. The second kappa shape index (κ2) is 5.96. The highest BCUT2D eigenvalue weighted by atomic mass is 35.5. The standard InChI is InChI=1S/C14H18ClFN4OS/c1-14(21)4-3-5-20(7-14)12-8-6-17-11(15)9(16)10(8)18-13(19-12)22-2/h6,12,21H,3-5,7H2,1-2H3,(H,18,19)/t12?,14-/m1/s1. The molecule has 0 bridgehead atoms. The molecule has 120 valence electrons. The number of thioether (sulfide) groups is 1. The van der Waals surface area contributed by atoms with Gasteiger partial charge in [0, 0.05) is 24.8 Å². The van der Waals surface area contributed by atoms with Crippen molar-refractivity contribution in [1.82, 2.24) is 9.88 Å². The average molecular weight is 345 g/mol. The number of anilines is 1. The van der Waals surface area contributed by atoms with Crippen molar-refractivity contribution in [2.45, 2.75) is 31.5 Å². The van der Waals surface area contributed by atoms with Gasteiger partial charge in [0.05, 0.1) is 11.3 Å². The number of pyridine rings is 1. The molecule has 2 aliphatic heterocycles. The second-order valence-electron chi connectivity index (χ2n) is 5.90. The normalized spacial score (nSPS) is 28.8. The summed E-state index contributed by atoms with van der Waals surface area (Å²) in [6, 6.07) is 0. The maximum Gasteiger partial charge on any atom is 0.184 e. The molecule has 1 unspecified atom stereocenters. The van der Waals surface area contributed by atoms with E-state index in [4.69, 9.17) is 11.6 Å². The van der Waals surface area contributed by atoms with Gasteiger partial charge in [-0.1, -0.05) is 23.4 Å². The number of β-amino-alcohol motifs (C(OH)–C–C–N with tert-alkyl or cyclic N) is 1. The van der Waals surface area contributed by atoms with Crippen LogP contribution in [0.3, 0.4) is 0 Å². The summed E-state index contributed by atoms with van der Waals surface area (Å²) in [7, 11) is 0. The third-order valence-corrected chi connectivity index (χ3v) is 4.86. The Balaban J connectivity index is 2.01. The first-order chi connectivity index (χ1) is 10.4. The molecule has 0 spiro atoms. The number of amidine groups is 1. The molecule has 1 aromatic heterocycles. The summed E-state index contributed by atoms with van der Waals surface area (Å²) in [5.74, 6) is -0.561. The van der Waals surface area contributed by atoms with Gasteiger partial charge in [0.15, 0.2) is 16.1 Å². The maximum atomic E-state index is 14.3. The Labute approximate surface area is 138 Å². The fourth-order valence-corrected chi connectivity index (χ4v) is 3.52. The molecule has 2 aliphatic rings. The van der Waals surface area contributed by atoms with E-state index in [1.54, 1.807) is 6.20 Å². The Hall–Kier alpha value is -0.890. The highest BCUT2D eigenvalue weighted by Gasteiger charge is 2.36. The summed E-state index contributed by atoms with van der Waals surface area (Å²) in [4.78, 5) is 10.6. The SMILES string of the molecule is CSC1=NC(N2CCC[C@@](C)(O)C2)c2cnc(Cl)c(F)c2N1. The molecule has 1 saturated heterocycles. The number of nitrogens with zero attached hydrogens (tertiary/aromatic N) is 3. The summed E-state index contributed by atoms with van der Waals surface area (Å²) < 4.78 is 14.3. The molecule has 8 heteroatoms. The Morgan fingerprint density at radius 3 is 3.05 bits per heavy atom. The van der Waals surface area contributed by atoms with Crippen molar-refractivity contribution in [2.24, 2.45) is 4.99 Å². The topological polar surface area (TPSA) is 60.8 Å². The third-order valence-electron chi connectivity index (χ3n) is 4.00. The van der Waals surface area contributed by atoms with Crippen molar-refractivity contribution < 1.29 is 9.50 Å². The van der Waals surface area contributed by atoms with E-state index in [0.717, 1.165) is 19.4 Å². The molecule has 0 saturated carbocycles. The predicted molar refractivity (Wildman–Crippen MR) is 87.9 cm³/mol. The highest BCUT2D eigenvalue weighted by molar-refractivity contribution is 8.13. The van der Waals surface area contributed by atoms with Crippen LogP contribution >= 0.6 is 23.4 Å². The summed E-state index contributed by atoms with van der Waals surface area (Å²) in [5, 5.41) is 13.8. The Kier molecular flexibility index (Phi) is 4.33. The summed E-state index contributed by atoms with van der Waals surface area (Å²) in [6.07, 6.45) is 4.71. The first-order valence-electron chi connectivity index (χ1n) is 7.10. The molecule has 0 aliphatic carbocycles. The Bertz CT molecular complexity index is 625. The van der Waals surface area contributed by atoms with E-state index in [-0.39, 0.29) is 11.3 Å². The van der Waals surface area contributed by atoms with E-state index in [9.17, 15) is 9.50 Å². The third kappa shape index (κ3) is 2.95. The lowest BCUT2D eigenvalue weighted by Crippen LogP contribution is -2.48. The van der Waals surface area contributed by atoms with Gasteiger partial charge < -0.3 is 10.4 Å². The monoisotopic (exact) mass is 344 g/mol. The van der Waals surface area contributed by atoms with E-state index in [1.807, 2.05) is 13.2 Å². The fraction of sp³-hybridized carbons (Fsp3) is 0.571. The lowest BCUT2D eigenvalue weighted by molar-refractivity contribution is -0.0294. The van der Waals surface area contributed by atoms with Gasteiger partial charge in [-0.15, -0.1) is 0 Å². The molecular formula is C14H18ClFN4OS. The van der Waals surface area contributed by atoms with Crippen molar-refractivity contribution in [3.05, 3.63) is 22.7 Å². The van der Waals surface area contributed by atoms with Crippen molar-refractivity contribution in [1.29, 1.82) is 0 Å². The average Bonchev–Trinajstić information content (AvgIpc) is 2.49. The smallest absolute Gasteiger partial charge is 0.184 e. The van der Waals surface area contributed by atoms with Gasteiger partial charge in [0.1, 0.15) is 6.17 Å². The first-order valence-corrected chi connectivity index (χ1v) is 8.71. The largest absolute Gasteiger partial charge is 0.389 e. The van der Waals surface area contributed by atoms with Crippen LogP contribution in [0.4, 0.5) is 10.1 Å². The number of aliphatic hydroxyl groups is 1. The van der Waals surface area contributed by atoms with Gasteiger partial charge in [-0.05, 0) is 26.0 Å². The van der Waals surface area contributed by atoms with Crippen LogP contribution in [0.15, 0.2) is 11.2 Å². The quantitative estimate of drug-likeness (QED) is 0.767. The van der Waals surface area contributed by atoms with Crippen LogP contribution in [0, 0.1) is 5.82 Å². The summed E-state index contributed by atoms with van der Waals surface area (Å²) in [5.41, 5.74) is 0.225. The number of aromatic nitrogens is 1. The molecular weight excluding hydrogens is 327 g/mol. The number of hydrogen-bond donors (Lipinski definition) is 2. The minimum Gasteiger partial charge on any atom is -0.389 e. The van der Waals surface area contributed by atoms with Crippen LogP contribution in [0.25, 0.3) is 0 Å². The number of piperidine rings is 1. The molecule has 1 aromatic rings. The van der Waals surface area contributed by atoms with Crippen molar-refractivity contribution >= 4 is 34.2 Å². The molecule has 3 rings (SSSR count). The molecule has 2 N–H and O–H groups in total. The van der Waals surface area contributed by atoms with Crippen LogP contribution < -0.4 is 5.32 Å². The molecule has 3 heterocycles. The van der Waals surface area contributed by atoms with Gasteiger partial charge >= 0.3 is 0 Å². The summed E-state index contributed by atoms with van der Waals surface area (Å²) >= 11 is 7.20. The number of fused-ring (bicyclic) bond motifs is 1. The lowest BCUT2D eigenvalue weighted by atomic mass is 9.94. The van der Waals surface area contributed by atoms with Crippen molar-refractivity contribution in [3.63, 3.8) is 0 Å². The second-order valence-corrected chi connectivity index (χ2v) is 7.05.